The van der Waals surface area contributed by atoms with Gasteiger partial charge in [-0.25, -0.2) is 0 Å². The number of hydrogen-bond acceptors (Lipinski definition) is 8. The number of halogens is 1. The normalized spacial score (nSPS) is 25.5. The molecule has 8 atom stereocenters. The lowest BCUT2D eigenvalue weighted by Gasteiger charge is -2.37. The molecule has 3 aromatic carbocycles. The van der Waals surface area contributed by atoms with Crippen LogP contribution in [0.1, 0.15) is 37.4 Å². The largest absolute Gasteiger partial charge is 0.455 e. The molecule has 3 aromatic rings. The third kappa shape index (κ3) is 7.42. The van der Waals surface area contributed by atoms with Crippen LogP contribution in [0.25, 0.3) is 10.8 Å². The third-order valence-electron chi connectivity index (χ3n) is 10.5. The van der Waals surface area contributed by atoms with Crippen LogP contribution in [0.4, 0.5) is 5.69 Å². The van der Waals surface area contributed by atoms with E-state index in [9.17, 15) is 24.3 Å². The Morgan fingerprint density at radius 2 is 1.83 bits per heavy atom. The van der Waals surface area contributed by atoms with Crippen molar-refractivity contribution in [1.29, 1.82) is 0 Å². The minimum absolute atomic E-state index is 0.0457. The maximum absolute atomic E-state index is 15.0. The number of allylic oxidation sites excluding steroid dienone is 1. The lowest BCUT2D eigenvalue weighted by Crippen LogP contribution is -2.57. The molecule has 0 radical (unpaired) electrons. The highest BCUT2D eigenvalue weighted by atomic mass is 79.9. The Labute approximate surface area is 318 Å². The van der Waals surface area contributed by atoms with Gasteiger partial charge in [0, 0.05) is 43.7 Å². The van der Waals surface area contributed by atoms with E-state index >= 15 is 0 Å². The van der Waals surface area contributed by atoms with E-state index in [4.69, 9.17) is 14.2 Å². The average molecular weight is 789 g/mol. The number of anilines is 1. The molecule has 3 aliphatic rings. The summed E-state index contributed by atoms with van der Waals surface area (Å²) in [5.74, 6) is -3.79. The topological polar surface area (TPSA) is 135 Å². The zero-order valence-corrected chi connectivity index (χ0v) is 31.4. The van der Waals surface area contributed by atoms with Gasteiger partial charge >= 0.3 is 5.97 Å². The molecule has 3 fully saturated rings. The van der Waals surface area contributed by atoms with Crippen LogP contribution in [-0.2, 0) is 33.4 Å². The first-order chi connectivity index (χ1) is 25.7. The molecular formula is C41H46BrN3O8. The summed E-state index contributed by atoms with van der Waals surface area (Å²) in [5.41, 5.74) is -0.0889. The van der Waals surface area contributed by atoms with Crippen molar-refractivity contribution < 1.29 is 38.5 Å². The number of carbonyl (C=O) groups is 4. The Hall–Kier alpha value is -4.36. The zero-order valence-electron chi connectivity index (χ0n) is 29.8. The van der Waals surface area contributed by atoms with Crippen molar-refractivity contribution in [2.75, 3.05) is 38.3 Å². The Morgan fingerprint density at radius 3 is 2.53 bits per heavy atom. The number of nitrogens with one attached hydrogen (secondary N) is 1. The number of carbonyl (C=O) groups excluding carboxylic acids is 4. The van der Waals surface area contributed by atoms with Gasteiger partial charge in [-0.2, -0.15) is 0 Å². The van der Waals surface area contributed by atoms with Crippen LogP contribution in [-0.4, -0.2) is 95.7 Å². The molecule has 12 heteroatoms. The number of alkyl halides is 1. The second-order valence-electron chi connectivity index (χ2n) is 13.8. The Bertz CT molecular complexity index is 1840. The van der Waals surface area contributed by atoms with Crippen LogP contribution in [0.5, 0.6) is 0 Å². The number of hydrogen-bond donors (Lipinski definition) is 2. The maximum atomic E-state index is 15.0. The number of esters is 1. The minimum atomic E-state index is -1.35. The summed E-state index contributed by atoms with van der Waals surface area (Å²) in [5, 5.41) is 14.8. The van der Waals surface area contributed by atoms with Crippen molar-refractivity contribution >= 4 is 56.1 Å². The van der Waals surface area contributed by atoms with E-state index in [0.717, 1.165) is 10.8 Å². The molecule has 280 valence electrons. The summed E-state index contributed by atoms with van der Waals surface area (Å²) in [6.45, 7) is 7.70. The van der Waals surface area contributed by atoms with Gasteiger partial charge in [-0.1, -0.05) is 88.7 Å². The lowest BCUT2D eigenvalue weighted by atomic mass is 9.70. The second kappa shape index (κ2) is 16.8. The Kier molecular flexibility index (Phi) is 12.1. The van der Waals surface area contributed by atoms with Gasteiger partial charge in [0.05, 0.1) is 30.6 Å². The molecule has 1 spiro atoms. The number of fused-ring (bicyclic) bond motifs is 2. The second-order valence-corrected chi connectivity index (χ2v) is 14.9. The highest BCUT2D eigenvalue weighted by Gasteiger charge is 2.77. The highest BCUT2D eigenvalue weighted by molar-refractivity contribution is 9.09. The SMILES string of the molecule is C=CCCC(=O)N[C@H](COC)[C@H](OC(=O)[C@@H]1[C@H]2O[C@@]3(CC2Br)[C@H](C(=O)N(CC=C)c2ccc4ccccc4c2)N(CCCO)C(=O)[C@@H]13)c1ccccc1. The molecule has 2 N–H and O–H groups in total. The number of likely N-dealkylation sites (tertiary alicyclic amines) is 1. The number of ether oxygens (including phenoxy) is 3. The molecule has 0 saturated carbocycles. The lowest BCUT2D eigenvalue weighted by molar-refractivity contribution is -0.163. The van der Waals surface area contributed by atoms with Crippen molar-refractivity contribution in [2.45, 2.75) is 60.4 Å². The van der Waals surface area contributed by atoms with Gasteiger partial charge in [0.1, 0.15) is 17.7 Å². The van der Waals surface area contributed by atoms with Gasteiger partial charge in [-0.3, -0.25) is 19.2 Å². The summed E-state index contributed by atoms with van der Waals surface area (Å²) in [6.07, 6.45) is 2.76. The monoisotopic (exact) mass is 787 g/mol. The molecule has 3 amide bonds. The molecule has 53 heavy (non-hydrogen) atoms. The molecule has 3 heterocycles. The first kappa shape index (κ1) is 38.4. The summed E-state index contributed by atoms with van der Waals surface area (Å²) < 4.78 is 18.5. The van der Waals surface area contributed by atoms with Crippen molar-refractivity contribution in [3.05, 3.63) is 104 Å². The van der Waals surface area contributed by atoms with Crippen molar-refractivity contribution in [2.24, 2.45) is 11.8 Å². The van der Waals surface area contributed by atoms with Crippen LogP contribution in [0.3, 0.4) is 0 Å². The molecule has 0 aromatic heterocycles. The van der Waals surface area contributed by atoms with Gasteiger partial charge in [-0.15, -0.1) is 13.2 Å². The fraction of sp³-hybridized carbons (Fsp3) is 0.415. The number of amides is 3. The van der Waals surface area contributed by atoms with Crippen molar-refractivity contribution in [1.82, 2.24) is 10.2 Å². The van der Waals surface area contributed by atoms with Crippen LogP contribution < -0.4 is 10.2 Å². The number of methoxy groups -OCH3 is 1. The van der Waals surface area contributed by atoms with E-state index in [1.807, 2.05) is 60.7 Å². The average Bonchev–Trinajstić information content (AvgIpc) is 3.76. The summed E-state index contributed by atoms with van der Waals surface area (Å²) in [6, 6.07) is 20.8. The molecule has 3 saturated heterocycles. The highest BCUT2D eigenvalue weighted by Crippen LogP contribution is 2.60. The van der Waals surface area contributed by atoms with Gasteiger partial charge in [0.2, 0.25) is 11.8 Å². The van der Waals surface area contributed by atoms with Gasteiger partial charge in [0.25, 0.3) is 5.91 Å². The van der Waals surface area contributed by atoms with Crippen molar-refractivity contribution in [3.8, 4) is 0 Å². The van der Waals surface area contributed by atoms with E-state index in [2.05, 4.69) is 34.4 Å². The number of aliphatic hydroxyl groups is 1. The first-order valence-electron chi connectivity index (χ1n) is 18.0. The zero-order chi connectivity index (χ0) is 37.7. The molecule has 2 bridgehead atoms. The van der Waals surface area contributed by atoms with E-state index in [-0.39, 0.29) is 55.8 Å². The minimum Gasteiger partial charge on any atom is -0.455 e. The maximum Gasteiger partial charge on any atom is 0.313 e. The molecular weight excluding hydrogens is 742 g/mol. The fourth-order valence-electron chi connectivity index (χ4n) is 8.23. The predicted octanol–water partition coefficient (Wildman–Crippen LogP) is 4.87. The van der Waals surface area contributed by atoms with Crippen LogP contribution in [0, 0.1) is 11.8 Å². The fourth-order valence-corrected chi connectivity index (χ4v) is 9.17. The molecule has 6 rings (SSSR count). The Balaban J connectivity index is 1.36. The standard InChI is InChI=1S/C41H46BrN3O8/c1-4-6-17-32(47)43-31(25-51-3)35(27-14-8-7-9-15-27)52-40(50)33-34-38(48)45(21-12-22-46)37(41(34)24-30(42)36(33)53-41)39(49)44(20-5-2)29-19-18-26-13-10-11-16-28(26)23-29/h4-5,7-11,13-16,18-19,23,30-31,33-37,46H,1-2,6,12,17,20-22,24-25H2,3H3,(H,43,47)/t30?,31-,33+,34-,35-,36+,37+,41-/m1/s1. The van der Waals surface area contributed by atoms with E-state index < -0.39 is 53.6 Å². The summed E-state index contributed by atoms with van der Waals surface area (Å²) >= 11 is 3.74. The molecule has 1 unspecified atom stereocenters. The van der Waals surface area contributed by atoms with E-state index in [1.54, 1.807) is 29.2 Å². The predicted molar refractivity (Wildman–Crippen MR) is 204 cm³/mol. The number of rotatable bonds is 17. The quantitative estimate of drug-likeness (QED) is 0.113. The number of nitrogens with zero attached hydrogens (tertiary/aromatic N) is 2. The molecule has 0 aliphatic carbocycles. The van der Waals surface area contributed by atoms with Crippen LogP contribution in [0.2, 0.25) is 0 Å². The Morgan fingerprint density at radius 1 is 1.09 bits per heavy atom. The third-order valence-corrected chi connectivity index (χ3v) is 11.3. The molecule has 11 nitrogen and oxygen atoms in total. The van der Waals surface area contributed by atoms with Crippen LogP contribution >= 0.6 is 15.9 Å². The smallest absolute Gasteiger partial charge is 0.313 e. The van der Waals surface area contributed by atoms with Gasteiger partial charge in [-0.05, 0) is 47.7 Å². The molecule has 3 aliphatic heterocycles. The first-order valence-corrected chi connectivity index (χ1v) is 18.9. The van der Waals surface area contributed by atoms with Crippen LogP contribution in [0.15, 0.2) is 98.1 Å². The van der Waals surface area contributed by atoms with Gasteiger partial charge in [0.15, 0.2) is 0 Å². The van der Waals surface area contributed by atoms with Gasteiger partial charge < -0.3 is 34.4 Å². The number of benzene rings is 3. The summed E-state index contributed by atoms with van der Waals surface area (Å²) in [4.78, 5) is 59.8. The number of aliphatic hydroxyl groups excluding tert-OH is 1. The summed E-state index contributed by atoms with van der Waals surface area (Å²) in [7, 11) is 1.50. The van der Waals surface area contributed by atoms with Crippen molar-refractivity contribution in [3.63, 3.8) is 0 Å². The van der Waals surface area contributed by atoms with E-state index in [1.165, 1.54) is 12.0 Å². The van der Waals surface area contributed by atoms with E-state index in [0.29, 0.717) is 24.1 Å².